The second-order valence-corrected chi connectivity index (χ2v) is 10.2. The zero-order valence-corrected chi connectivity index (χ0v) is 18.4. The standard InChI is InChI=1S/C21H19BrN4O3S/c22-16-5-7-17(8-6-16)30(27,28)25-9-10-26-13-20(11-23)15-29-19-4-2-1-3-18(19)21(20,12-24)14-26/h1-8,25H,9-10,13-15H2. The predicted octanol–water partition coefficient (Wildman–Crippen LogP) is 2.41. The van der Waals surface area contributed by atoms with Crippen LogP contribution in [0.3, 0.4) is 0 Å². The largest absolute Gasteiger partial charge is 0.491 e. The van der Waals surface area contributed by atoms with Gasteiger partial charge in [0.2, 0.25) is 10.0 Å². The summed E-state index contributed by atoms with van der Waals surface area (Å²) in [5.41, 5.74) is -1.29. The van der Waals surface area contributed by atoms with E-state index in [1.807, 2.05) is 29.2 Å². The summed E-state index contributed by atoms with van der Waals surface area (Å²) in [5.74, 6) is 0.628. The average Bonchev–Trinajstić information content (AvgIpc) is 3.09. The van der Waals surface area contributed by atoms with E-state index in [1.165, 1.54) is 12.1 Å². The number of hydrogen-bond donors (Lipinski definition) is 1. The summed E-state index contributed by atoms with van der Waals surface area (Å²) in [4.78, 5) is 2.15. The molecule has 1 fully saturated rings. The van der Waals surface area contributed by atoms with Gasteiger partial charge in [-0.2, -0.15) is 10.5 Å². The number of nitrogens with one attached hydrogen (secondary N) is 1. The molecule has 2 aliphatic rings. The Kier molecular flexibility index (Phi) is 5.33. The first-order valence-corrected chi connectivity index (χ1v) is 11.7. The average molecular weight is 487 g/mol. The summed E-state index contributed by atoms with van der Waals surface area (Å²) < 4.78 is 34.2. The minimum atomic E-state index is -3.64. The second-order valence-electron chi connectivity index (χ2n) is 7.56. The fourth-order valence-corrected chi connectivity index (χ4v) is 5.56. The lowest BCUT2D eigenvalue weighted by Crippen LogP contribution is -2.50. The van der Waals surface area contributed by atoms with Crippen LogP contribution >= 0.6 is 15.9 Å². The Morgan fingerprint density at radius 2 is 1.83 bits per heavy atom. The number of rotatable bonds is 5. The van der Waals surface area contributed by atoms with Crippen LogP contribution in [0.15, 0.2) is 57.9 Å². The van der Waals surface area contributed by atoms with Gasteiger partial charge >= 0.3 is 0 Å². The molecule has 30 heavy (non-hydrogen) atoms. The quantitative estimate of drug-likeness (QED) is 0.695. The molecule has 9 heteroatoms. The number of hydrogen-bond acceptors (Lipinski definition) is 6. The Labute approximate surface area is 184 Å². The first-order chi connectivity index (χ1) is 14.4. The zero-order valence-electron chi connectivity index (χ0n) is 16.0. The molecule has 7 nitrogen and oxygen atoms in total. The molecule has 2 aromatic rings. The van der Waals surface area contributed by atoms with Gasteiger partial charge in [-0.1, -0.05) is 34.1 Å². The van der Waals surface area contributed by atoms with Crippen molar-refractivity contribution in [3.05, 3.63) is 58.6 Å². The zero-order chi connectivity index (χ0) is 21.4. The van der Waals surface area contributed by atoms with Gasteiger partial charge in [0.25, 0.3) is 0 Å². The van der Waals surface area contributed by atoms with E-state index in [0.29, 0.717) is 25.4 Å². The smallest absolute Gasteiger partial charge is 0.240 e. The number of sulfonamides is 1. The van der Waals surface area contributed by atoms with Gasteiger partial charge in [0.05, 0.1) is 17.0 Å². The van der Waals surface area contributed by atoms with Gasteiger partial charge in [0.1, 0.15) is 23.2 Å². The van der Waals surface area contributed by atoms with Gasteiger partial charge in [-0.3, -0.25) is 4.90 Å². The third kappa shape index (κ3) is 3.28. The van der Waals surface area contributed by atoms with Crippen LogP contribution in [0.25, 0.3) is 0 Å². The fraction of sp³-hybridized carbons (Fsp3) is 0.333. The van der Waals surface area contributed by atoms with Crippen LogP contribution < -0.4 is 9.46 Å². The molecule has 0 aliphatic carbocycles. The lowest BCUT2D eigenvalue weighted by Gasteiger charge is -2.40. The van der Waals surface area contributed by atoms with Crippen molar-refractivity contribution in [2.45, 2.75) is 10.3 Å². The second kappa shape index (κ2) is 7.68. The molecule has 0 spiro atoms. The molecule has 0 saturated carbocycles. The Bertz CT molecular complexity index is 1160. The number of nitrogens with zero attached hydrogens (tertiary/aromatic N) is 3. The summed E-state index contributed by atoms with van der Waals surface area (Å²) >= 11 is 3.29. The van der Waals surface area contributed by atoms with Crippen LogP contribution in [0.1, 0.15) is 5.56 Å². The molecule has 4 rings (SSSR count). The van der Waals surface area contributed by atoms with Crippen molar-refractivity contribution >= 4 is 26.0 Å². The van der Waals surface area contributed by atoms with Crippen LogP contribution in [0.5, 0.6) is 5.75 Å². The molecule has 0 amide bonds. The number of fused-ring (bicyclic) bond motifs is 3. The van der Waals surface area contributed by atoms with Gasteiger partial charge in [-0.15, -0.1) is 0 Å². The SMILES string of the molecule is N#CC12COc3ccccc3C1(C#N)CN(CCNS(=O)(=O)c1ccc(Br)cc1)C2. The fourth-order valence-electron chi connectivity index (χ4n) is 4.28. The molecule has 2 heterocycles. The Morgan fingerprint density at radius 3 is 2.53 bits per heavy atom. The molecule has 1 saturated heterocycles. The molecule has 2 unspecified atom stereocenters. The molecule has 2 atom stereocenters. The van der Waals surface area contributed by atoms with E-state index in [0.717, 1.165) is 10.0 Å². The molecule has 0 aromatic heterocycles. The van der Waals surface area contributed by atoms with Crippen molar-refractivity contribution in [3.8, 4) is 17.9 Å². The van der Waals surface area contributed by atoms with Crippen LogP contribution in [-0.4, -0.2) is 46.1 Å². The number of nitriles is 2. The first kappa shape index (κ1) is 20.8. The predicted molar refractivity (Wildman–Crippen MR) is 113 cm³/mol. The minimum Gasteiger partial charge on any atom is -0.491 e. The highest BCUT2D eigenvalue weighted by atomic mass is 79.9. The van der Waals surface area contributed by atoms with Gasteiger partial charge in [0.15, 0.2) is 0 Å². The van der Waals surface area contributed by atoms with Gasteiger partial charge in [-0.05, 0) is 30.3 Å². The van der Waals surface area contributed by atoms with Crippen LogP contribution in [0.4, 0.5) is 0 Å². The molecule has 2 aliphatic heterocycles. The van der Waals surface area contributed by atoms with Crippen molar-refractivity contribution in [1.29, 1.82) is 10.5 Å². The minimum absolute atomic E-state index is 0.134. The maximum atomic E-state index is 12.5. The van der Waals surface area contributed by atoms with E-state index in [1.54, 1.807) is 12.1 Å². The van der Waals surface area contributed by atoms with Crippen LogP contribution in [-0.2, 0) is 15.4 Å². The van der Waals surface area contributed by atoms with Crippen molar-refractivity contribution < 1.29 is 13.2 Å². The highest BCUT2D eigenvalue weighted by Crippen LogP contribution is 2.53. The van der Waals surface area contributed by atoms with E-state index in [-0.39, 0.29) is 18.0 Å². The summed E-state index contributed by atoms with van der Waals surface area (Å²) in [6, 6.07) is 18.5. The monoisotopic (exact) mass is 486 g/mol. The Hall–Kier alpha value is -2.43. The van der Waals surface area contributed by atoms with Crippen LogP contribution in [0, 0.1) is 28.1 Å². The molecule has 0 bridgehead atoms. The number of ether oxygens (including phenoxy) is 1. The summed E-state index contributed by atoms with van der Waals surface area (Å²) in [7, 11) is -3.64. The highest BCUT2D eigenvalue weighted by Gasteiger charge is 2.63. The van der Waals surface area contributed by atoms with Crippen molar-refractivity contribution in [2.24, 2.45) is 5.41 Å². The normalized spacial score (nSPS) is 25.4. The molecule has 154 valence electrons. The number of halogens is 1. The van der Waals surface area contributed by atoms with Crippen molar-refractivity contribution in [2.75, 3.05) is 32.8 Å². The maximum Gasteiger partial charge on any atom is 0.240 e. The van der Waals surface area contributed by atoms with Crippen LogP contribution in [0.2, 0.25) is 0 Å². The molecular formula is C21H19BrN4O3S. The number of benzene rings is 2. The third-order valence-electron chi connectivity index (χ3n) is 5.84. The summed E-state index contributed by atoms with van der Waals surface area (Å²) in [6.45, 7) is 1.37. The van der Waals surface area contributed by atoms with E-state index >= 15 is 0 Å². The van der Waals surface area contributed by atoms with Gasteiger partial charge in [-0.25, -0.2) is 13.1 Å². The summed E-state index contributed by atoms with van der Waals surface area (Å²) in [5, 5.41) is 20.1. The molecular weight excluding hydrogens is 468 g/mol. The summed E-state index contributed by atoms with van der Waals surface area (Å²) in [6.07, 6.45) is 0. The van der Waals surface area contributed by atoms with Gasteiger partial charge < -0.3 is 4.74 Å². The molecule has 2 aromatic carbocycles. The lowest BCUT2D eigenvalue weighted by molar-refractivity contribution is 0.136. The van der Waals surface area contributed by atoms with Gasteiger partial charge in [0, 0.05) is 36.2 Å². The third-order valence-corrected chi connectivity index (χ3v) is 7.85. The van der Waals surface area contributed by atoms with Crippen molar-refractivity contribution in [1.82, 2.24) is 9.62 Å². The number of para-hydroxylation sites is 1. The molecule has 0 radical (unpaired) electrons. The van der Waals surface area contributed by atoms with E-state index in [2.05, 4.69) is 32.8 Å². The number of likely N-dealkylation sites (tertiary alicyclic amines) is 1. The van der Waals surface area contributed by atoms with E-state index in [4.69, 9.17) is 4.74 Å². The molecule has 1 N–H and O–H groups in total. The Balaban J connectivity index is 1.51. The van der Waals surface area contributed by atoms with E-state index in [9.17, 15) is 18.9 Å². The maximum absolute atomic E-state index is 12.5. The Morgan fingerprint density at radius 1 is 1.10 bits per heavy atom. The van der Waals surface area contributed by atoms with Crippen molar-refractivity contribution in [3.63, 3.8) is 0 Å². The first-order valence-electron chi connectivity index (χ1n) is 9.38. The highest BCUT2D eigenvalue weighted by molar-refractivity contribution is 9.10. The topological polar surface area (TPSA) is 106 Å². The lowest BCUT2D eigenvalue weighted by atomic mass is 9.62. The van der Waals surface area contributed by atoms with E-state index < -0.39 is 20.9 Å².